The Bertz CT molecular complexity index is 981. The monoisotopic (exact) mass is 408 g/mol. The van der Waals surface area contributed by atoms with Gasteiger partial charge in [-0.15, -0.1) is 0 Å². The normalized spacial score (nSPS) is 10.5. The van der Waals surface area contributed by atoms with Crippen LogP contribution in [-0.4, -0.2) is 28.6 Å². The number of aromatic nitrogens is 2. The fourth-order valence-electron chi connectivity index (χ4n) is 2.61. The highest BCUT2D eigenvalue weighted by atomic mass is 16.5. The van der Waals surface area contributed by atoms with E-state index in [-0.39, 0.29) is 25.4 Å². The van der Waals surface area contributed by atoms with E-state index in [0.29, 0.717) is 17.5 Å². The molecule has 0 unspecified atom stereocenters. The van der Waals surface area contributed by atoms with Crippen LogP contribution < -0.4 is 15.6 Å². The van der Waals surface area contributed by atoms with Crippen molar-refractivity contribution >= 4 is 11.8 Å². The van der Waals surface area contributed by atoms with Crippen molar-refractivity contribution in [2.75, 3.05) is 6.61 Å². The first kappa shape index (κ1) is 21.0. The van der Waals surface area contributed by atoms with Crippen LogP contribution in [0.4, 0.5) is 0 Å². The Balaban J connectivity index is 1.37. The van der Waals surface area contributed by atoms with Crippen LogP contribution in [0.3, 0.4) is 0 Å². The van der Waals surface area contributed by atoms with Crippen molar-refractivity contribution < 1.29 is 18.8 Å². The number of rotatable bonds is 8. The minimum absolute atomic E-state index is 0.0924. The second-order valence-corrected chi connectivity index (χ2v) is 6.76. The summed E-state index contributed by atoms with van der Waals surface area (Å²) in [4.78, 5) is 28.0. The number of nitrogens with one attached hydrogen (secondary N) is 2. The SMILES string of the molecule is CCc1ccc(OCC(=O)NNC(=O)CCc2nc(-c3ccc(C)cc3)no2)cc1. The van der Waals surface area contributed by atoms with E-state index in [2.05, 4.69) is 27.9 Å². The number of hydrogen-bond donors (Lipinski definition) is 2. The van der Waals surface area contributed by atoms with Crippen molar-refractivity contribution in [1.29, 1.82) is 0 Å². The second kappa shape index (κ2) is 10.2. The average Bonchev–Trinajstić information content (AvgIpc) is 3.24. The maximum absolute atomic E-state index is 11.9. The quantitative estimate of drug-likeness (QED) is 0.555. The van der Waals surface area contributed by atoms with E-state index >= 15 is 0 Å². The molecule has 3 aromatic rings. The van der Waals surface area contributed by atoms with Crippen molar-refractivity contribution in [3.05, 3.63) is 65.5 Å². The molecule has 0 radical (unpaired) electrons. The van der Waals surface area contributed by atoms with Gasteiger partial charge >= 0.3 is 0 Å². The van der Waals surface area contributed by atoms with E-state index in [0.717, 1.165) is 17.5 Å². The predicted octanol–water partition coefficient (Wildman–Crippen LogP) is 2.77. The van der Waals surface area contributed by atoms with E-state index < -0.39 is 5.91 Å². The van der Waals surface area contributed by atoms with E-state index in [1.54, 1.807) is 12.1 Å². The molecule has 1 heterocycles. The smallest absolute Gasteiger partial charge is 0.276 e. The summed E-state index contributed by atoms with van der Waals surface area (Å²) >= 11 is 0. The number of nitrogens with zero attached hydrogens (tertiary/aromatic N) is 2. The van der Waals surface area contributed by atoms with Crippen LogP contribution in [0.15, 0.2) is 53.1 Å². The molecule has 0 aliphatic carbocycles. The molecule has 8 heteroatoms. The lowest BCUT2D eigenvalue weighted by molar-refractivity contribution is -0.130. The first-order valence-electron chi connectivity index (χ1n) is 9.72. The zero-order chi connectivity index (χ0) is 21.3. The standard InChI is InChI=1S/C22H24N4O4/c1-3-16-6-10-18(11-7-16)29-14-20(28)25-24-19(27)12-13-21-23-22(26-30-21)17-8-4-15(2)5-9-17/h4-11H,3,12-14H2,1-2H3,(H,24,27)(H,25,28). The lowest BCUT2D eigenvalue weighted by atomic mass is 10.1. The molecule has 0 saturated heterocycles. The molecule has 3 rings (SSSR count). The van der Waals surface area contributed by atoms with E-state index in [1.807, 2.05) is 43.3 Å². The number of hydrogen-bond acceptors (Lipinski definition) is 6. The molecule has 0 bridgehead atoms. The van der Waals surface area contributed by atoms with E-state index in [1.165, 1.54) is 5.56 Å². The Morgan fingerprint density at radius 2 is 1.70 bits per heavy atom. The third-order valence-electron chi connectivity index (χ3n) is 4.39. The molecule has 30 heavy (non-hydrogen) atoms. The van der Waals surface area contributed by atoms with Crippen LogP contribution in [0, 0.1) is 6.92 Å². The fraction of sp³-hybridized carbons (Fsp3) is 0.273. The van der Waals surface area contributed by atoms with Gasteiger partial charge in [-0.25, -0.2) is 0 Å². The summed E-state index contributed by atoms with van der Waals surface area (Å²) in [6.45, 7) is 3.86. The minimum atomic E-state index is -0.456. The first-order chi connectivity index (χ1) is 14.5. The summed E-state index contributed by atoms with van der Waals surface area (Å²) in [6.07, 6.45) is 1.29. The van der Waals surface area contributed by atoms with Crippen LogP contribution in [0.5, 0.6) is 5.75 Å². The number of aryl methyl sites for hydroxylation is 3. The zero-order valence-corrected chi connectivity index (χ0v) is 17.0. The molecular formula is C22H24N4O4. The van der Waals surface area contributed by atoms with Crippen LogP contribution in [0.1, 0.15) is 30.4 Å². The lowest BCUT2D eigenvalue weighted by Crippen LogP contribution is -2.43. The lowest BCUT2D eigenvalue weighted by Gasteiger charge is -2.08. The molecule has 2 amide bonds. The van der Waals surface area contributed by atoms with Crippen molar-refractivity contribution in [2.45, 2.75) is 33.1 Å². The maximum Gasteiger partial charge on any atom is 0.276 e. The summed E-state index contributed by atoms with van der Waals surface area (Å²) in [5, 5.41) is 3.93. The Morgan fingerprint density at radius 3 is 2.40 bits per heavy atom. The summed E-state index contributed by atoms with van der Waals surface area (Å²) in [5.41, 5.74) is 7.83. The summed E-state index contributed by atoms with van der Waals surface area (Å²) < 4.78 is 10.6. The van der Waals surface area contributed by atoms with Crippen molar-refractivity contribution in [3.8, 4) is 17.1 Å². The van der Waals surface area contributed by atoms with Gasteiger partial charge < -0.3 is 9.26 Å². The van der Waals surface area contributed by atoms with Crippen molar-refractivity contribution in [3.63, 3.8) is 0 Å². The summed E-state index contributed by atoms with van der Waals surface area (Å²) in [6, 6.07) is 15.2. The summed E-state index contributed by atoms with van der Waals surface area (Å²) in [7, 11) is 0. The number of ether oxygens (including phenoxy) is 1. The first-order valence-corrected chi connectivity index (χ1v) is 9.72. The number of carbonyl (C=O) groups excluding carboxylic acids is 2. The van der Waals surface area contributed by atoms with E-state index in [4.69, 9.17) is 9.26 Å². The van der Waals surface area contributed by atoms with Crippen LogP contribution in [0.2, 0.25) is 0 Å². The fourth-order valence-corrected chi connectivity index (χ4v) is 2.61. The molecule has 0 spiro atoms. The minimum Gasteiger partial charge on any atom is -0.484 e. The van der Waals surface area contributed by atoms with Crippen LogP contribution in [-0.2, 0) is 22.4 Å². The topological polar surface area (TPSA) is 106 Å². The Morgan fingerprint density at radius 1 is 1.00 bits per heavy atom. The van der Waals surface area contributed by atoms with Gasteiger partial charge in [0.15, 0.2) is 6.61 Å². The molecule has 156 valence electrons. The largest absolute Gasteiger partial charge is 0.484 e. The van der Waals surface area contributed by atoms with Gasteiger partial charge in [0.1, 0.15) is 5.75 Å². The Labute approximate surface area is 174 Å². The Kier molecular flexibility index (Phi) is 7.15. The average molecular weight is 408 g/mol. The molecule has 2 N–H and O–H groups in total. The van der Waals surface area contributed by atoms with Gasteiger partial charge in [0.2, 0.25) is 17.6 Å². The highest BCUT2D eigenvalue weighted by Crippen LogP contribution is 2.16. The molecule has 0 atom stereocenters. The second-order valence-electron chi connectivity index (χ2n) is 6.76. The highest BCUT2D eigenvalue weighted by molar-refractivity contribution is 5.82. The molecule has 8 nitrogen and oxygen atoms in total. The van der Waals surface area contributed by atoms with Crippen molar-refractivity contribution in [1.82, 2.24) is 21.0 Å². The van der Waals surface area contributed by atoms with Gasteiger partial charge in [0.05, 0.1) is 0 Å². The molecule has 2 aromatic carbocycles. The molecule has 1 aromatic heterocycles. The number of benzene rings is 2. The molecule has 0 fully saturated rings. The molecule has 0 aliphatic heterocycles. The number of amides is 2. The van der Waals surface area contributed by atoms with Gasteiger partial charge in [-0.1, -0.05) is 54.0 Å². The van der Waals surface area contributed by atoms with E-state index in [9.17, 15) is 9.59 Å². The van der Waals surface area contributed by atoms with Gasteiger partial charge in [-0.05, 0) is 31.0 Å². The van der Waals surface area contributed by atoms with Crippen LogP contribution >= 0.6 is 0 Å². The van der Waals surface area contributed by atoms with Gasteiger partial charge in [0, 0.05) is 18.4 Å². The number of hydrazine groups is 1. The maximum atomic E-state index is 11.9. The van der Waals surface area contributed by atoms with Gasteiger partial charge in [-0.3, -0.25) is 20.4 Å². The predicted molar refractivity (Wildman–Crippen MR) is 110 cm³/mol. The van der Waals surface area contributed by atoms with Crippen molar-refractivity contribution in [2.24, 2.45) is 0 Å². The third-order valence-corrected chi connectivity index (χ3v) is 4.39. The van der Waals surface area contributed by atoms with Gasteiger partial charge in [0.25, 0.3) is 5.91 Å². The molecular weight excluding hydrogens is 384 g/mol. The van der Waals surface area contributed by atoms with Crippen LogP contribution in [0.25, 0.3) is 11.4 Å². The number of carbonyl (C=O) groups is 2. The molecule has 0 saturated carbocycles. The summed E-state index contributed by atoms with van der Waals surface area (Å²) in [5.74, 6) is 0.594. The highest BCUT2D eigenvalue weighted by Gasteiger charge is 2.11. The zero-order valence-electron chi connectivity index (χ0n) is 17.0. The third kappa shape index (κ3) is 6.16. The molecule has 0 aliphatic rings. The Hall–Kier alpha value is -3.68. The van der Waals surface area contributed by atoms with Gasteiger partial charge in [-0.2, -0.15) is 4.98 Å².